The van der Waals surface area contributed by atoms with Crippen molar-refractivity contribution in [2.24, 2.45) is 4.99 Å². The molecule has 86 valence electrons. The molecule has 2 rings (SSSR count). The monoisotopic (exact) mass is 224 g/mol. The van der Waals surface area contributed by atoms with Crippen molar-refractivity contribution in [3.63, 3.8) is 0 Å². The van der Waals surface area contributed by atoms with Crippen molar-refractivity contribution < 1.29 is 0 Å². The average molecular weight is 224 g/mol. The topological polar surface area (TPSA) is 25.2 Å². The zero-order chi connectivity index (χ0) is 12.4. The lowest BCUT2D eigenvalue weighted by atomic mass is 9.95. The number of aliphatic imine (C=N–C) groups is 1. The van der Waals surface area contributed by atoms with Crippen molar-refractivity contribution >= 4 is 12.4 Å². The molecule has 0 bridgehead atoms. The van der Waals surface area contributed by atoms with Gasteiger partial charge in [-0.05, 0) is 56.3 Å². The van der Waals surface area contributed by atoms with E-state index in [0.29, 0.717) is 0 Å². The number of aryl methyl sites for hydroxylation is 2. The first kappa shape index (κ1) is 11.5. The maximum absolute atomic E-state index is 4.41. The fourth-order valence-electron chi connectivity index (χ4n) is 2.32. The highest BCUT2D eigenvalue weighted by molar-refractivity contribution is 5.75. The molecule has 17 heavy (non-hydrogen) atoms. The van der Waals surface area contributed by atoms with Crippen molar-refractivity contribution in [1.29, 1.82) is 0 Å². The number of nitrogens with zero attached hydrogens (tertiary/aromatic N) is 2. The van der Waals surface area contributed by atoms with Gasteiger partial charge in [-0.25, -0.2) is 0 Å². The van der Waals surface area contributed by atoms with E-state index < -0.39 is 0 Å². The van der Waals surface area contributed by atoms with Gasteiger partial charge in [-0.3, -0.25) is 9.98 Å². The lowest BCUT2D eigenvalue weighted by Crippen LogP contribution is -1.93. The number of aromatic nitrogens is 1. The SMILES string of the molecule is C=Nc1c(C)cc(C)c(-c2ccccn2)c1C. The van der Waals surface area contributed by atoms with Crippen LogP contribution in [-0.4, -0.2) is 11.7 Å². The van der Waals surface area contributed by atoms with Crippen LogP contribution in [0.2, 0.25) is 0 Å². The molecule has 0 saturated carbocycles. The number of pyridine rings is 1. The van der Waals surface area contributed by atoms with Crippen LogP contribution in [0.15, 0.2) is 35.5 Å². The van der Waals surface area contributed by atoms with Crippen LogP contribution in [0.25, 0.3) is 11.3 Å². The van der Waals surface area contributed by atoms with E-state index >= 15 is 0 Å². The summed E-state index contributed by atoms with van der Waals surface area (Å²) in [7, 11) is 0. The molecule has 0 fully saturated rings. The van der Waals surface area contributed by atoms with Crippen LogP contribution in [0.4, 0.5) is 5.69 Å². The van der Waals surface area contributed by atoms with E-state index in [1.165, 1.54) is 11.1 Å². The minimum absolute atomic E-state index is 0.969. The van der Waals surface area contributed by atoms with Gasteiger partial charge in [-0.1, -0.05) is 12.1 Å². The lowest BCUT2D eigenvalue weighted by molar-refractivity contribution is 1.25. The van der Waals surface area contributed by atoms with Crippen LogP contribution >= 0.6 is 0 Å². The fourth-order valence-corrected chi connectivity index (χ4v) is 2.32. The van der Waals surface area contributed by atoms with E-state index in [2.05, 4.69) is 43.5 Å². The molecular formula is C15H16N2. The molecule has 0 aliphatic rings. The van der Waals surface area contributed by atoms with E-state index in [4.69, 9.17) is 0 Å². The zero-order valence-electron chi connectivity index (χ0n) is 10.5. The zero-order valence-corrected chi connectivity index (χ0v) is 10.5. The summed E-state index contributed by atoms with van der Waals surface area (Å²) >= 11 is 0. The Balaban J connectivity index is 2.74. The van der Waals surface area contributed by atoms with Crippen LogP contribution in [0.3, 0.4) is 0 Å². The highest BCUT2D eigenvalue weighted by atomic mass is 14.7. The summed E-state index contributed by atoms with van der Waals surface area (Å²) in [5.41, 5.74) is 6.67. The highest BCUT2D eigenvalue weighted by Gasteiger charge is 2.12. The Bertz CT molecular complexity index is 557. The van der Waals surface area contributed by atoms with Gasteiger partial charge in [0, 0.05) is 11.8 Å². The third-order valence-corrected chi connectivity index (χ3v) is 3.01. The number of benzene rings is 1. The van der Waals surface area contributed by atoms with E-state index in [-0.39, 0.29) is 0 Å². The highest BCUT2D eigenvalue weighted by Crippen LogP contribution is 2.34. The van der Waals surface area contributed by atoms with Gasteiger partial charge in [-0.15, -0.1) is 0 Å². The molecule has 0 saturated heterocycles. The molecule has 2 heteroatoms. The molecule has 0 aliphatic carbocycles. The number of hydrogen-bond donors (Lipinski definition) is 0. The van der Waals surface area contributed by atoms with Gasteiger partial charge in [0.1, 0.15) is 0 Å². The normalized spacial score (nSPS) is 10.3. The molecule has 0 unspecified atom stereocenters. The molecular weight excluding hydrogens is 208 g/mol. The Morgan fingerprint density at radius 3 is 2.47 bits per heavy atom. The predicted octanol–water partition coefficient (Wildman–Crippen LogP) is 4.01. The Kier molecular flexibility index (Phi) is 3.05. The molecule has 0 spiro atoms. The standard InChI is InChI=1S/C15H16N2/c1-10-9-11(2)15(16-4)12(3)14(10)13-7-5-6-8-17-13/h5-9H,4H2,1-3H3. The molecule has 2 aromatic rings. The second-order valence-electron chi connectivity index (χ2n) is 4.23. The molecule has 1 aromatic carbocycles. The first-order chi connectivity index (χ1) is 8.15. The third-order valence-electron chi connectivity index (χ3n) is 3.01. The summed E-state index contributed by atoms with van der Waals surface area (Å²) in [5, 5.41) is 0. The quantitative estimate of drug-likeness (QED) is 0.708. The molecule has 0 radical (unpaired) electrons. The summed E-state index contributed by atoms with van der Waals surface area (Å²) in [4.78, 5) is 8.53. The smallest absolute Gasteiger partial charge is 0.0708 e. The number of rotatable bonds is 2. The van der Waals surface area contributed by atoms with Gasteiger partial charge in [0.05, 0.1) is 11.4 Å². The van der Waals surface area contributed by atoms with E-state index in [0.717, 1.165) is 22.5 Å². The van der Waals surface area contributed by atoms with Crippen molar-refractivity contribution in [1.82, 2.24) is 4.98 Å². The molecule has 1 aromatic heterocycles. The van der Waals surface area contributed by atoms with Crippen LogP contribution in [0.5, 0.6) is 0 Å². The Hall–Kier alpha value is -1.96. The molecule has 1 heterocycles. The second kappa shape index (κ2) is 4.50. The Morgan fingerprint density at radius 2 is 1.88 bits per heavy atom. The Labute approximate surface area is 102 Å². The van der Waals surface area contributed by atoms with Crippen LogP contribution in [0, 0.1) is 20.8 Å². The molecule has 0 amide bonds. The molecule has 2 nitrogen and oxygen atoms in total. The predicted molar refractivity (Wildman–Crippen MR) is 73.1 cm³/mol. The fraction of sp³-hybridized carbons (Fsp3) is 0.200. The summed E-state index contributed by atoms with van der Waals surface area (Å²) < 4.78 is 0. The lowest BCUT2D eigenvalue weighted by Gasteiger charge is -2.13. The van der Waals surface area contributed by atoms with E-state index in [1.54, 1.807) is 0 Å². The van der Waals surface area contributed by atoms with Gasteiger partial charge in [0.15, 0.2) is 0 Å². The summed E-state index contributed by atoms with van der Waals surface area (Å²) in [6.45, 7) is 9.89. The molecule has 0 N–H and O–H groups in total. The first-order valence-corrected chi connectivity index (χ1v) is 5.64. The summed E-state index contributed by atoms with van der Waals surface area (Å²) in [6, 6.07) is 8.09. The van der Waals surface area contributed by atoms with Crippen molar-refractivity contribution in [3.05, 3.63) is 47.2 Å². The maximum atomic E-state index is 4.41. The third kappa shape index (κ3) is 1.98. The molecule has 0 aliphatic heterocycles. The second-order valence-corrected chi connectivity index (χ2v) is 4.23. The average Bonchev–Trinajstić information content (AvgIpc) is 2.30. The minimum atomic E-state index is 0.969. The van der Waals surface area contributed by atoms with Gasteiger partial charge in [0.25, 0.3) is 0 Å². The van der Waals surface area contributed by atoms with Crippen LogP contribution in [0.1, 0.15) is 16.7 Å². The van der Waals surface area contributed by atoms with Crippen molar-refractivity contribution in [2.75, 3.05) is 0 Å². The van der Waals surface area contributed by atoms with E-state index in [1.807, 2.05) is 24.4 Å². The Morgan fingerprint density at radius 1 is 1.12 bits per heavy atom. The van der Waals surface area contributed by atoms with Crippen LogP contribution < -0.4 is 0 Å². The summed E-state index contributed by atoms with van der Waals surface area (Å²) in [6.07, 6.45) is 1.81. The number of hydrogen-bond acceptors (Lipinski definition) is 2. The first-order valence-electron chi connectivity index (χ1n) is 5.64. The van der Waals surface area contributed by atoms with Gasteiger partial charge in [-0.2, -0.15) is 0 Å². The van der Waals surface area contributed by atoms with Gasteiger partial charge < -0.3 is 0 Å². The summed E-state index contributed by atoms with van der Waals surface area (Å²) in [5.74, 6) is 0. The van der Waals surface area contributed by atoms with Crippen molar-refractivity contribution in [3.8, 4) is 11.3 Å². The molecule has 0 atom stereocenters. The van der Waals surface area contributed by atoms with Crippen molar-refractivity contribution in [2.45, 2.75) is 20.8 Å². The van der Waals surface area contributed by atoms with Gasteiger partial charge in [0.2, 0.25) is 0 Å². The minimum Gasteiger partial charge on any atom is -0.264 e. The largest absolute Gasteiger partial charge is 0.264 e. The van der Waals surface area contributed by atoms with Crippen LogP contribution in [-0.2, 0) is 0 Å². The maximum Gasteiger partial charge on any atom is 0.0708 e. The van der Waals surface area contributed by atoms with Gasteiger partial charge >= 0.3 is 0 Å². The van der Waals surface area contributed by atoms with E-state index in [9.17, 15) is 0 Å².